The van der Waals surface area contributed by atoms with Crippen LogP contribution in [0.3, 0.4) is 0 Å². The summed E-state index contributed by atoms with van der Waals surface area (Å²) in [5.41, 5.74) is 1.27. The Balaban J connectivity index is 1.79. The number of hydrogen-bond donors (Lipinski definition) is 1. The largest absolute Gasteiger partial charge is 0.478 e. The van der Waals surface area contributed by atoms with Crippen molar-refractivity contribution < 1.29 is 14.3 Å². The van der Waals surface area contributed by atoms with Gasteiger partial charge in [-0.1, -0.05) is 29.4 Å². The Morgan fingerprint density at radius 1 is 1.25 bits per heavy atom. The van der Waals surface area contributed by atoms with E-state index in [4.69, 9.17) is 16.7 Å². The molecular formula is C15H10ClFN4O2S. The fourth-order valence-electron chi connectivity index (χ4n) is 1.96. The number of carboxylic acid groups (broad SMARTS) is 1. The molecule has 1 aromatic heterocycles. The zero-order valence-electron chi connectivity index (χ0n) is 12.1. The molecular weight excluding hydrogens is 355 g/mol. The van der Waals surface area contributed by atoms with E-state index in [1.807, 2.05) is 0 Å². The van der Waals surface area contributed by atoms with Gasteiger partial charge in [-0.05, 0) is 52.4 Å². The van der Waals surface area contributed by atoms with Crippen LogP contribution in [0.2, 0.25) is 5.02 Å². The Hall–Kier alpha value is -2.45. The molecule has 2 aromatic carbocycles. The SMILES string of the molecule is O=C(O)c1ccc(-n2nnnc2SCc2ccc(Cl)cc2F)cc1. The number of aromatic carboxylic acids is 1. The van der Waals surface area contributed by atoms with Crippen LogP contribution in [-0.4, -0.2) is 31.3 Å². The average molecular weight is 365 g/mol. The van der Waals surface area contributed by atoms with Crippen molar-refractivity contribution in [3.05, 3.63) is 64.4 Å². The monoisotopic (exact) mass is 364 g/mol. The molecule has 3 rings (SSSR count). The summed E-state index contributed by atoms with van der Waals surface area (Å²) in [5, 5.41) is 21.1. The second-order valence-corrected chi connectivity index (χ2v) is 6.13. The molecule has 0 saturated carbocycles. The van der Waals surface area contributed by atoms with Gasteiger partial charge in [-0.3, -0.25) is 0 Å². The molecule has 0 spiro atoms. The predicted octanol–water partition coefficient (Wildman–Crippen LogP) is 3.45. The maximum Gasteiger partial charge on any atom is 0.335 e. The van der Waals surface area contributed by atoms with Gasteiger partial charge in [0.1, 0.15) is 5.82 Å². The van der Waals surface area contributed by atoms with Gasteiger partial charge >= 0.3 is 5.97 Å². The summed E-state index contributed by atoms with van der Waals surface area (Å²) in [5.74, 6) is -1.07. The Kier molecular flexibility index (Phi) is 4.77. The lowest BCUT2D eigenvalue weighted by molar-refractivity contribution is 0.0697. The van der Waals surface area contributed by atoms with E-state index in [2.05, 4.69) is 15.5 Å². The number of nitrogens with zero attached hydrogens (tertiary/aromatic N) is 4. The molecule has 0 bridgehead atoms. The van der Waals surface area contributed by atoms with Crippen LogP contribution in [0.15, 0.2) is 47.6 Å². The van der Waals surface area contributed by atoms with Crippen LogP contribution >= 0.6 is 23.4 Å². The molecule has 24 heavy (non-hydrogen) atoms. The van der Waals surface area contributed by atoms with Crippen molar-refractivity contribution in [2.45, 2.75) is 10.9 Å². The first-order valence-corrected chi connectivity index (χ1v) is 8.10. The number of aromatic nitrogens is 4. The van der Waals surface area contributed by atoms with Crippen molar-refractivity contribution in [2.75, 3.05) is 0 Å². The minimum atomic E-state index is -1.01. The molecule has 3 aromatic rings. The van der Waals surface area contributed by atoms with Crippen LogP contribution in [0.5, 0.6) is 0 Å². The maximum atomic E-state index is 13.8. The van der Waals surface area contributed by atoms with Gasteiger partial charge in [0.25, 0.3) is 0 Å². The average Bonchev–Trinajstić information content (AvgIpc) is 3.02. The number of rotatable bonds is 5. The van der Waals surface area contributed by atoms with Crippen LogP contribution in [0.25, 0.3) is 5.69 Å². The molecule has 0 aliphatic carbocycles. The van der Waals surface area contributed by atoms with Crippen molar-refractivity contribution in [3.63, 3.8) is 0 Å². The summed E-state index contributed by atoms with van der Waals surface area (Å²) in [4.78, 5) is 10.9. The van der Waals surface area contributed by atoms with Gasteiger partial charge < -0.3 is 5.11 Å². The van der Waals surface area contributed by atoms with E-state index < -0.39 is 5.97 Å². The van der Waals surface area contributed by atoms with E-state index in [0.717, 1.165) is 0 Å². The minimum Gasteiger partial charge on any atom is -0.478 e. The Morgan fingerprint density at radius 2 is 2.00 bits per heavy atom. The third-order valence-corrected chi connectivity index (χ3v) is 4.37. The first-order valence-electron chi connectivity index (χ1n) is 6.73. The highest BCUT2D eigenvalue weighted by atomic mass is 35.5. The Bertz CT molecular complexity index is 885. The first-order chi connectivity index (χ1) is 11.5. The summed E-state index contributed by atoms with van der Waals surface area (Å²) in [6.45, 7) is 0. The molecule has 9 heteroatoms. The van der Waals surface area contributed by atoms with Gasteiger partial charge in [0.15, 0.2) is 0 Å². The first kappa shape index (κ1) is 16.4. The lowest BCUT2D eigenvalue weighted by atomic mass is 10.2. The topological polar surface area (TPSA) is 80.9 Å². The van der Waals surface area contributed by atoms with Crippen molar-refractivity contribution in [3.8, 4) is 5.69 Å². The third-order valence-electron chi connectivity index (χ3n) is 3.17. The molecule has 0 amide bonds. The summed E-state index contributed by atoms with van der Waals surface area (Å²) < 4.78 is 15.3. The number of halogens is 2. The second-order valence-electron chi connectivity index (χ2n) is 4.75. The highest BCUT2D eigenvalue weighted by Crippen LogP contribution is 2.25. The molecule has 122 valence electrons. The van der Waals surface area contributed by atoms with Crippen LogP contribution in [0, 0.1) is 5.82 Å². The summed E-state index contributed by atoms with van der Waals surface area (Å²) in [7, 11) is 0. The summed E-state index contributed by atoms with van der Waals surface area (Å²) in [6.07, 6.45) is 0. The highest BCUT2D eigenvalue weighted by molar-refractivity contribution is 7.98. The van der Waals surface area contributed by atoms with Crippen LogP contribution in [-0.2, 0) is 5.75 Å². The van der Waals surface area contributed by atoms with Gasteiger partial charge in [-0.25, -0.2) is 9.18 Å². The molecule has 0 aliphatic rings. The van der Waals surface area contributed by atoms with Gasteiger partial charge in [0.05, 0.1) is 11.3 Å². The lowest BCUT2D eigenvalue weighted by Gasteiger charge is -2.06. The number of carboxylic acids is 1. The zero-order chi connectivity index (χ0) is 17.1. The maximum absolute atomic E-state index is 13.8. The summed E-state index contributed by atoms with van der Waals surface area (Å²) >= 11 is 6.99. The zero-order valence-corrected chi connectivity index (χ0v) is 13.6. The quantitative estimate of drug-likeness (QED) is 0.698. The number of hydrogen-bond acceptors (Lipinski definition) is 5. The van der Waals surface area contributed by atoms with Crippen molar-refractivity contribution in [2.24, 2.45) is 0 Å². The molecule has 0 aliphatic heterocycles. The number of thioether (sulfide) groups is 1. The van der Waals surface area contributed by atoms with E-state index in [9.17, 15) is 9.18 Å². The molecule has 0 atom stereocenters. The van der Waals surface area contributed by atoms with Gasteiger partial charge in [-0.2, -0.15) is 4.68 Å². The fraction of sp³-hybridized carbons (Fsp3) is 0.0667. The molecule has 6 nitrogen and oxygen atoms in total. The highest BCUT2D eigenvalue weighted by Gasteiger charge is 2.12. The van der Waals surface area contributed by atoms with Crippen LogP contribution in [0.1, 0.15) is 15.9 Å². The molecule has 1 N–H and O–H groups in total. The number of carbonyl (C=O) groups is 1. The van der Waals surface area contributed by atoms with Crippen LogP contribution in [0.4, 0.5) is 4.39 Å². The number of tetrazole rings is 1. The van der Waals surface area contributed by atoms with E-state index in [1.54, 1.807) is 24.3 Å². The van der Waals surface area contributed by atoms with E-state index in [-0.39, 0.29) is 11.4 Å². The lowest BCUT2D eigenvalue weighted by Crippen LogP contribution is -2.01. The van der Waals surface area contributed by atoms with Crippen LogP contribution < -0.4 is 0 Å². The van der Waals surface area contributed by atoms with Gasteiger partial charge in [0.2, 0.25) is 5.16 Å². The van der Waals surface area contributed by atoms with Crippen molar-refractivity contribution >= 4 is 29.3 Å². The standard InChI is InChI=1S/C15H10ClFN4O2S/c16-11-4-1-10(13(17)7-11)8-24-15-18-19-20-21(15)12-5-2-9(3-6-12)14(22)23/h1-7H,8H2,(H,22,23). The molecule has 0 fully saturated rings. The predicted molar refractivity (Wildman–Crippen MR) is 87.1 cm³/mol. The van der Waals surface area contributed by atoms with E-state index in [1.165, 1.54) is 34.6 Å². The van der Waals surface area contributed by atoms with Crippen molar-refractivity contribution in [1.29, 1.82) is 0 Å². The summed E-state index contributed by atoms with van der Waals surface area (Å²) in [6, 6.07) is 10.6. The second kappa shape index (κ2) is 6.98. The Labute approximate surface area is 145 Å². The van der Waals surface area contributed by atoms with E-state index >= 15 is 0 Å². The third kappa shape index (κ3) is 3.55. The molecule has 1 heterocycles. The van der Waals surface area contributed by atoms with Crippen molar-refractivity contribution in [1.82, 2.24) is 20.2 Å². The smallest absolute Gasteiger partial charge is 0.335 e. The molecule has 0 radical (unpaired) electrons. The Morgan fingerprint density at radius 3 is 2.67 bits per heavy atom. The normalized spacial score (nSPS) is 10.8. The number of benzene rings is 2. The molecule has 0 unspecified atom stereocenters. The van der Waals surface area contributed by atoms with Gasteiger partial charge in [0, 0.05) is 10.8 Å². The fourth-order valence-corrected chi connectivity index (χ4v) is 2.99. The molecule has 0 saturated heterocycles. The minimum absolute atomic E-state index is 0.171. The van der Waals surface area contributed by atoms with Gasteiger partial charge in [-0.15, -0.1) is 5.10 Å². The van der Waals surface area contributed by atoms with E-state index in [0.29, 0.717) is 27.2 Å².